The Balaban J connectivity index is 1.93. The van der Waals surface area contributed by atoms with Gasteiger partial charge in [0.2, 0.25) is 0 Å². The molecule has 0 unspecified atom stereocenters. The number of hydrogen-bond donors (Lipinski definition) is 2. The average Bonchev–Trinajstić information content (AvgIpc) is 2.38. The van der Waals surface area contributed by atoms with Gasteiger partial charge in [0.05, 0.1) is 5.88 Å². The Morgan fingerprint density at radius 2 is 1.89 bits per heavy atom. The van der Waals surface area contributed by atoms with Crippen molar-refractivity contribution in [1.82, 2.24) is 0 Å². The standard InChI is InChI=1S/C15H17NOS/c1-12-3-2-4-13(9-12)10-17-15-7-5-14(6-8-15)16-11-18/h2-9,16,18H,10-11H2,1H3. The Hall–Kier alpha value is -1.61. The first-order valence-corrected chi connectivity index (χ1v) is 6.54. The lowest BCUT2D eigenvalue weighted by molar-refractivity contribution is 0.306. The smallest absolute Gasteiger partial charge is 0.119 e. The maximum absolute atomic E-state index is 5.73. The molecule has 0 aliphatic carbocycles. The van der Waals surface area contributed by atoms with Crippen molar-refractivity contribution >= 4 is 18.3 Å². The summed E-state index contributed by atoms with van der Waals surface area (Å²) in [5, 5.41) is 3.12. The van der Waals surface area contributed by atoms with Gasteiger partial charge < -0.3 is 10.1 Å². The quantitative estimate of drug-likeness (QED) is 0.628. The highest BCUT2D eigenvalue weighted by Crippen LogP contribution is 2.17. The number of hydrogen-bond acceptors (Lipinski definition) is 3. The van der Waals surface area contributed by atoms with Crippen molar-refractivity contribution in [3.63, 3.8) is 0 Å². The van der Waals surface area contributed by atoms with E-state index in [1.54, 1.807) is 0 Å². The van der Waals surface area contributed by atoms with Crippen molar-refractivity contribution < 1.29 is 4.74 Å². The lowest BCUT2D eigenvalue weighted by atomic mass is 10.1. The molecule has 2 rings (SSSR count). The highest BCUT2D eigenvalue weighted by molar-refractivity contribution is 7.80. The second-order valence-corrected chi connectivity index (χ2v) is 4.45. The number of aryl methyl sites for hydroxylation is 1. The summed E-state index contributed by atoms with van der Waals surface area (Å²) in [4.78, 5) is 0. The van der Waals surface area contributed by atoms with Gasteiger partial charge in [-0.15, -0.1) is 0 Å². The minimum Gasteiger partial charge on any atom is -0.489 e. The van der Waals surface area contributed by atoms with E-state index in [4.69, 9.17) is 4.74 Å². The van der Waals surface area contributed by atoms with Crippen molar-refractivity contribution in [3.05, 3.63) is 59.7 Å². The first kappa shape index (κ1) is 12.8. The molecule has 0 heterocycles. The van der Waals surface area contributed by atoms with E-state index >= 15 is 0 Å². The minimum absolute atomic E-state index is 0.598. The third-order valence-electron chi connectivity index (χ3n) is 2.63. The normalized spacial score (nSPS) is 10.1. The van der Waals surface area contributed by atoms with Crippen LogP contribution in [0.2, 0.25) is 0 Å². The summed E-state index contributed by atoms with van der Waals surface area (Å²) in [5.74, 6) is 1.50. The van der Waals surface area contributed by atoms with Crippen molar-refractivity contribution in [2.24, 2.45) is 0 Å². The Morgan fingerprint density at radius 3 is 2.56 bits per heavy atom. The molecule has 94 valence electrons. The highest BCUT2D eigenvalue weighted by Gasteiger charge is 1.97. The molecule has 0 saturated carbocycles. The zero-order chi connectivity index (χ0) is 12.8. The fraction of sp³-hybridized carbons (Fsp3) is 0.200. The lowest BCUT2D eigenvalue weighted by Gasteiger charge is -2.08. The number of benzene rings is 2. The molecule has 2 aromatic rings. The van der Waals surface area contributed by atoms with Crippen LogP contribution in [0.15, 0.2) is 48.5 Å². The van der Waals surface area contributed by atoms with Crippen LogP contribution in [0.25, 0.3) is 0 Å². The maximum Gasteiger partial charge on any atom is 0.119 e. The topological polar surface area (TPSA) is 21.3 Å². The maximum atomic E-state index is 5.73. The van der Waals surface area contributed by atoms with Crippen LogP contribution in [0, 0.1) is 6.92 Å². The second kappa shape index (κ2) is 6.36. The molecule has 0 radical (unpaired) electrons. The molecule has 0 amide bonds. The monoisotopic (exact) mass is 259 g/mol. The Bertz CT molecular complexity index is 496. The van der Waals surface area contributed by atoms with Gasteiger partial charge in [-0.05, 0) is 36.8 Å². The summed E-state index contributed by atoms with van der Waals surface area (Å²) in [6.45, 7) is 2.68. The minimum atomic E-state index is 0.598. The molecule has 0 aliphatic heterocycles. The van der Waals surface area contributed by atoms with Crippen molar-refractivity contribution in [2.75, 3.05) is 11.2 Å². The molecule has 18 heavy (non-hydrogen) atoms. The predicted octanol–water partition coefficient (Wildman–Crippen LogP) is 3.87. The van der Waals surface area contributed by atoms with Crippen LogP contribution in [0.5, 0.6) is 5.75 Å². The summed E-state index contributed by atoms with van der Waals surface area (Å²) in [7, 11) is 0. The first-order chi connectivity index (χ1) is 8.78. The summed E-state index contributed by atoms with van der Waals surface area (Å²) < 4.78 is 5.73. The molecule has 0 bridgehead atoms. The zero-order valence-electron chi connectivity index (χ0n) is 10.4. The van der Waals surface area contributed by atoms with Gasteiger partial charge >= 0.3 is 0 Å². The second-order valence-electron chi connectivity index (χ2n) is 4.14. The SMILES string of the molecule is Cc1cccc(COc2ccc(NCS)cc2)c1. The molecule has 3 heteroatoms. The first-order valence-electron chi connectivity index (χ1n) is 5.91. The number of ether oxygens (including phenoxy) is 1. The van der Waals surface area contributed by atoms with Gasteiger partial charge in [-0.1, -0.05) is 29.8 Å². The van der Waals surface area contributed by atoms with E-state index in [0.29, 0.717) is 12.5 Å². The summed E-state index contributed by atoms with van der Waals surface area (Å²) in [6.07, 6.45) is 0. The molecule has 0 aliphatic rings. The molecule has 0 spiro atoms. The molecule has 0 atom stereocenters. The number of nitrogens with one attached hydrogen (secondary N) is 1. The summed E-state index contributed by atoms with van der Waals surface area (Å²) >= 11 is 4.11. The molecular weight excluding hydrogens is 242 g/mol. The fourth-order valence-corrected chi connectivity index (χ4v) is 1.91. The highest BCUT2D eigenvalue weighted by atomic mass is 32.1. The van der Waals surface area contributed by atoms with E-state index in [2.05, 4.69) is 43.1 Å². The molecule has 2 aromatic carbocycles. The molecule has 0 aromatic heterocycles. The van der Waals surface area contributed by atoms with Gasteiger partial charge in [0.1, 0.15) is 12.4 Å². The number of thiol groups is 1. The van der Waals surface area contributed by atoms with Gasteiger partial charge in [0, 0.05) is 5.69 Å². The molecule has 1 N–H and O–H groups in total. The lowest BCUT2D eigenvalue weighted by Crippen LogP contribution is -1.97. The Kier molecular flexibility index (Phi) is 4.53. The third-order valence-corrected chi connectivity index (χ3v) is 2.78. The van der Waals surface area contributed by atoms with Crippen molar-refractivity contribution in [3.8, 4) is 5.75 Å². The van der Waals surface area contributed by atoms with E-state index in [1.165, 1.54) is 11.1 Å². The van der Waals surface area contributed by atoms with E-state index in [1.807, 2.05) is 30.3 Å². The van der Waals surface area contributed by atoms with Gasteiger partial charge in [-0.3, -0.25) is 0 Å². The molecule has 0 fully saturated rings. The Labute approximate surface area is 113 Å². The van der Waals surface area contributed by atoms with Crippen LogP contribution < -0.4 is 10.1 Å². The third kappa shape index (κ3) is 3.70. The van der Waals surface area contributed by atoms with E-state index < -0.39 is 0 Å². The van der Waals surface area contributed by atoms with Crippen LogP contribution in [-0.4, -0.2) is 5.88 Å². The average molecular weight is 259 g/mol. The van der Waals surface area contributed by atoms with E-state index in [-0.39, 0.29) is 0 Å². The van der Waals surface area contributed by atoms with Crippen LogP contribution >= 0.6 is 12.6 Å². The molecule has 2 nitrogen and oxygen atoms in total. The predicted molar refractivity (Wildman–Crippen MR) is 79.4 cm³/mol. The van der Waals surface area contributed by atoms with Gasteiger partial charge in [-0.2, -0.15) is 12.6 Å². The Morgan fingerprint density at radius 1 is 1.11 bits per heavy atom. The molecular formula is C15H17NOS. The van der Waals surface area contributed by atoms with Crippen LogP contribution in [0.1, 0.15) is 11.1 Å². The van der Waals surface area contributed by atoms with E-state index in [9.17, 15) is 0 Å². The van der Waals surface area contributed by atoms with Gasteiger partial charge in [0.15, 0.2) is 0 Å². The molecule has 0 saturated heterocycles. The summed E-state index contributed by atoms with van der Waals surface area (Å²) in [6, 6.07) is 16.2. The van der Waals surface area contributed by atoms with Crippen molar-refractivity contribution in [1.29, 1.82) is 0 Å². The summed E-state index contributed by atoms with van der Waals surface area (Å²) in [5.41, 5.74) is 3.49. The van der Waals surface area contributed by atoms with Gasteiger partial charge in [-0.25, -0.2) is 0 Å². The number of rotatable bonds is 5. The van der Waals surface area contributed by atoms with Crippen molar-refractivity contribution in [2.45, 2.75) is 13.5 Å². The largest absolute Gasteiger partial charge is 0.489 e. The van der Waals surface area contributed by atoms with Gasteiger partial charge in [0.25, 0.3) is 0 Å². The van der Waals surface area contributed by atoms with Crippen LogP contribution in [0.4, 0.5) is 5.69 Å². The van der Waals surface area contributed by atoms with Crippen LogP contribution in [0.3, 0.4) is 0 Å². The zero-order valence-corrected chi connectivity index (χ0v) is 11.3. The fourth-order valence-electron chi connectivity index (χ4n) is 1.73. The van der Waals surface area contributed by atoms with E-state index in [0.717, 1.165) is 11.4 Å². The number of anilines is 1. The van der Waals surface area contributed by atoms with Crippen LogP contribution in [-0.2, 0) is 6.61 Å².